The van der Waals surface area contributed by atoms with E-state index >= 15 is 0 Å². The van der Waals surface area contributed by atoms with Crippen LogP contribution in [0, 0.1) is 22.7 Å². The van der Waals surface area contributed by atoms with Crippen molar-refractivity contribution in [2.24, 2.45) is 22.7 Å². The van der Waals surface area contributed by atoms with Crippen molar-refractivity contribution in [3.63, 3.8) is 0 Å². The van der Waals surface area contributed by atoms with Gasteiger partial charge in [-0.25, -0.2) is 0 Å². The maximum Gasteiger partial charge on any atom is -0.0204 e. The third-order valence-electron chi connectivity index (χ3n) is 4.83. The molecule has 2 aliphatic rings. The Balaban J connectivity index is 1.89. The molecule has 2 saturated carbocycles. The van der Waals surface area contributed by atoms with Crippen molar-refractivity contribution in [1.82, 2.24) is 0 Å². The first-order valence-corrected chi connectivity index (χ1v) is 5.56. The Morgan fingerprint density at radius 2 is 1.75 bits per heavy atom. The van der Waals surface area contributed by atoms with Gasteiger partial charge in [0.25, 0.3) is 0 Å². The van der Waals surface area contributed by atoms with E-state index in [4.69, 9.17) is 0 Å². The zero-order valence-electron chi connectivity index (χ0n) is 8.98. The van der Waals surface area contributed by atoms with Crippen LogP contribution < -0.4 is 0 Å². The van der Waals surface area contributed by atoms with Crippen LogP contribution in [0.3, 0.4) is 0 Å². The van der Waals surface area contributed by atoms with Gasteiger partial charge in [0.1, 0.15) is 0 Å². The lowest BCUT2D eigenvalue weighted by Crippen LogP contribution is -2.13. The minimum atomic E-state index is 0.814. The lowest BCUT2D eigenvalue weighted by molar-refractivity contribution is 0.278. The van der Waals surface area contributed by atoms with E-state index in [0.717, 1.165) is 22.7 Å². The number of hydrogen-bond donors (Lipinski definition) is 0. The highest BCUT2D eigenvalue weighted by molar-refractivity contribution is 5.30. The minimum Gasteiger partial charge on any atom is -0.0654 e. The molecule has 0 bridgehead atoms. The van der Waals surface area contributed by atoms with Gasteiger partial charge < -0.3 is 0 Å². The zero-order chi connectivity index (χ0) is 8.98. The Labute approximate surface area is 76.7 Å². The second-order valence-electron chi connectivity index (χ2n) is 5.62. The van der Waals surface area contributed by atoms with Gasteiger partial charge in [-0.05, 0) is 35.5 Å². The quantitative estimate of drug-likeness (QED) is 0.595. The van der Waals surface area contributed by atoms with Crippen LogP contribution in [0.1, 0.15) is 53.4 Å². The van der Waals surface area contributed by atoms with Crippen LogP contribution in [0.4, 0.5) is 0 Å². The van der Waals surface area contributed by atoms with Gasteiger partial charge in [0.05, 0.1) is 0 Å². The molecule has 0 nitrogen and oxygen atoms in total. The Hall–Kier alpha value is 0. The van der Waals surface area contributed by atoms with E-state index in [0.29, 0.717) is 0 Å². The van der Waals surface area contributed by atoms with Gasteiger partial charge in [-0.2, -0.15) is 0 Å². The summed E-state index contributed by atoms with van der Waals surface area (Å²) in [6, 6.07) is 0. The van der Waals surface area contributed by atoms with Crippen LogP contribution >= 0.6 is 0 Å². The molecule has 12 heavy (non-hydrogen) atoms. The summed E-state index contributed by atoms with van der Waals surface area (Å²) in [4.78, 5) is 0. The highest BCUT2D eigenvalue weighted by Crippen LogP contribution is 2.89. The lowest BCUT2D eigenvalue weighted by Gasteiger charge is -2.22. The number of fused-ring (bicyclic) bond motifs is 1. The molecule has 2 aliphatic carbocycles. The van der Waals surface area contributed by atoms with E-state index < -0.39 is 0 Å². The summed E-state index contributed by atoms with van der Waals surface area (Å²) in [6.07, 6.45) is 5.86. The van der Waals surface area contributed by atoms with Crippen molar-refractivity contribution in [3.8, 4) is 0 Å². The molecule has 0 aromatic heterocycles. The summed E-state index contributed by atoms with van der Waals surface area (Å²) in [5.74, 6) is 1.95. The molecule has 0 heterocycles. The molecule has 0 N–H and O–H groups in total. The largest absolute Gasteiger partial charge is 0.0654 e. The molecular weight excluding hydrogens is 144 g/mol. The van der Waals surface area contributed by atoms with E-state index in [1.54, 1.807) is 0 Å². The molecule has 2 rings (SSSR count). The number of hydrogen-bond acceptors (Lipinski definition) is 0. The third kappa shape index (κ3) is 0.900. The van der Waals surface area contributed by atoms with Crippen LogP contribution in [0.2, 0.25) is 0 Å². The van der Waals surface area contributed by atoms with Crippen LogP contribution in [0.15, 0.2) is 0 Å². The van der Waals surface area contributed by atoms with E-state index in [-0.39, 0.29) is 0 Å². The highest BCUT2D eigenvalue weighted by atomic mass is 14.9. The Morgan fingerprint density at radius 3 is 2.08 bits per heavy atom. The Morgan fingerprint density at radius 1 is 1.25 bits per heavy atom. The molecule has 0 aliphatic heterocycles. The summed E-state index contributed by atoms with van der Waals surface area (Å²) in [6.45, 7) is 9.71. The van der Waals surface area contributed by atoms with Crippen molar-refractivity contribution in [2.45, 2.75) is 53.4 Å². The molecule has 0 amide bonds. The Bertz CT molecular complexity index is 186. The molecule has 2 atom stereocenters. The molecule has 2 fully saturated rings. The molecule has 0 heteroatoms. The predicted octanol–water partition coefficient (Wildman–Crippen LogP) is 3.86. The molecular formula is C12H22. The van der Waals surface area contributed by atoms with Crippen molar-refractivity contribution in [2.75, 3.05) is 0 Å². The second kappa shape index (κ2) is 2.27. The molecule has 0 aromatic carbocycles. The first kappa shape index (κ1) is 8.59. The monoisotopic (exact) mass is 166 g/mol. The van der Waals surface area contributed by atoms with Crippen molar-refractivity contribution in [1.29, 1.82) is 0 Å². The van der Waals surface area contributed by atoms with Crippen LogP contribution in [0.5, 0.6) is 0 Å². The zero-order valence-corrected chi connectivity index (χ0v) is 8.98. The van der Waals surface area contributed by atoms with Gasteiger partial charge in [-0.3, -0.25) is 0 Å². The summed E-state index contributed by atoms with van der Waals surface area (Å²) < 4.78 is 0. The highest BCUT2D eigenvalue weighted by Gasteiger charge is 2.81. The van der Waals surface area contributed by atoms with E-state index in [1.165, 1.54) is 25.7 Å². The maximum absolute atomic E-state index is 2.48. The first-order valence-electron chi connectivity index (χ1n) is 5.56. The van der Waals surface area contributed by atoms with Crippen LogP contribution in [-0.4, -0.2) is 0 Å². The summed E-state index contributed by atoms with van der Waals surface area (Å²) in [5, 5.41) is 0. The third-order valence-corrected chi connectivity index (χ3v) is 4.83. The fourth-order valence-corrected chi connectivity index (χ4v) is 3.37. The fraction of sp³-hybridized carbons (Fsp3) is 1.00. The van der Waals surface area contributed by atoms with Gasteiger partial charge in [0.2, 0.25) is 0 Å². The van der Waals surface area contributed by atoms with Crippen molar-refractivity contribution >= 4 is 0 Å². The standard InChI is InChI=1S/C12H22/c1-5-6-9(2)10(3)12-7-11(12,4)8-12/h9-10H,5-8H2,1-4H3. The number of rotatable bonds is 4. The van der Waals surface area contributed by atoms with E-state index in [1.807, 2.05) is 0 Å². The molecule has 2 unspecified atom stereocenters. The smallest absolute Gasteiger partial charge is 0.0204 e. The van der Waals surface area contributed by atoms with Crippen LogP contribution in [-0.2, 0) is 0 Å². The molecule has 0 radical (unpaired) electrons. The fourth-order valence-electron chi connectivity index (χ4n) is 3.37. The van der Waals surface area contributed by atoms with Crippen molar-refractivity contribution in [3.05, 3.63) is 0 Å². The van der Waals surface area contributed by atoms with Gasteiger partial charge in [0.15, 0.2) is 0 Å². The van der Waals surface area contributed by atoms with Crippen LogP contribution in [0.25, 0.3) is 0 Å². The lowest BCUT2D eigenvalue weighted by atomic mass is 9.84. The Kier molecular flexibility index (Phi) is 1.63. The van der Waals surface area contributed by atoms with Gasteiger partial charge in [-0.1, -0.05) is 40.5 Å². The topological polar surface area (TPSA) is 0 Å². The average molecular weight is 166 g/mol. The summed E-state index contributed by atoms with van der Waals surface area (Å²) >= 11 is 0. The van der Waals surface area contributed by atoms with Gasteiger partial charge >= 0.3 is 0 Å². The summed E-state index contributed by atoms with van der Waals surface area (Å²) in [5.41, 5.74) is 1.65. The molecule has 70 valence electrons. The summed E-state index contributed by atoms with van der Waals surface area (Å²) in [7, 11) is 0. The van der Waals surface area contributed by atoms with Gasteiger partial charge in [0, 0.05) is 0 Å². The normalized spacial score (nSPS) is 48.0. The van der Waals surface area contributed by atoms with Crippen molar-refractivity contribution < 1.29 is 0 Å². The van der Waals surface area contributed by atoms with Gasteiger partial charge in [-0.15, -0.1) is 0 Å². The maximum atomic E-state index is 2.48. The SMILES string of the molecule is CCCC(C)C(C)C12CC1(C)C2. The molecule has 0 aromatic rings. The first-order chi connectivity index (χ1) is 5.56. The minimum absolute atomic E-state index is 0.814. The second-order valence-corrected chi connectivity index (χ2v) is 5.62. The molecule has 0 saturated heterocycles. The predicted molar refractivity (Wildman–Crippen MR) is 53.0 cm³/mol. The molecule has 0 spiro atoms. The van der Waals surface area contributed by atoms with E-state index in [2.05, 4.69) is 27.7 Å². The van der Waals surface area contributed by atoms with E-state index in [9.17, 15) is 0 Å². The average Bonchev–Trinajstić information content (AvgIpc) is 2.73.